The molecule has 0 aromatic carbocycles. The molecule has 0 saturated heterocycles. The van der Waals surface area contributed by atoms with E-state index in [-0.39, 0.29) is 0 Å². The average molecular weight is 204 g/mol. The third kappa shape index (κ3) is 1.99. The molecule has 0 radical (unpaired) electrons. The molecule has 1 N–H and O–H groups in total. The van der Waals surface area contributed by atoms with E-state index < -0.39 is 0 Å². The van der Waals surface area contributed by atoms with Crippen molar-refractivity contribution in [1.82, 2.24) is 19.9 Å². The molecule has 0 spiro atoms. The summed E-state index contributed by atoms with van der Waals surface area (Å²) in [5, 5.41) is 3.14. The maximum Gasteiger partial charge on any atom is 0.159 e. The Morgan fingerprint density at radius 3 is 3.07 bits per heavy atom. The number of nitrogens with one attached hydrogen (secondary N) is 1. The number of pyridine rings is 1. The SMILES string of the molecule is CNCCCc1nc2cccnc2n1C. The maximum absolute atomic E-state index is 4.56. The molecule has 0 saturated carbocycles. The zero-order valence-corrected chi connectivity index (χ0v) is 9.20. The van der Waals surface area contributed by atoms with Gasteiger partial charge in [0.05, 0.1) is 0 Å². The first-order chi connectivity index (χ1) is 7.33. The van der Waals surface area contributed by atoms with Crippen LogP contribution in [0, 0.1) is 0 Å². The summed E-state index contributed by atoms with van der Waals surface area (Å²) in [6.45, 7) is 1.02. The number of rotatable bonds is 4. The Hall–Kier alpha value is -1.42. The van der Waals surface area contributed by atoms with Gasteiger partial charge < -0.3 is 9.88 Å². The minimum atomic E-state index is 0.969. The normalized spacial score (nSPS) is 11.1. The Morgan fingerprint density at radius 2 is 2.33 bits per heavy atom. The summed E-state index contributed by atoms with van der Waals surface area (Å²) in [5.41, 5.74) is 1.96. The number of nitrogens with zero attached hydrogens (tertiary/aromatic N) is 3. The van der Waals surface area contributed by atoms with E-state index in [1.54, 1.807) is 6.20 Å². The predicted molar refractivity (Wildman–Crippen MR) is 60.8 cm³/mol. The van der Waals surface area contributed by atoms with Crippen molar-refractivity contribution in [2.24, 2.45) is 7.05 Å². The van der Waals surface area contributed by atoms with Crippen LogP contribution in [0.25, 0.3) is 11.2 Å². The van der Waals surface area contributed by atoms with Gasteiger partial charge in [0.1, 0.15) is 11.3 Å². The van der Waals surface area contributed by atoms with Crippen LogP contribution >= 0.6 is 0 Å². The average Bonchev–Trinajstić information content (AvgIpc) is 2.57. The first-order valence-electron chi connectivity index (χ1n) is 5.24. The summed E-state index contributed by atoms with van der Waals surface area (Å²) in [5.74, 6) is 1.11. The molecule has 2 aromatic rings. The fourth-order valence-electron chi connectivity index (χ4n) is 1.72. The number of hydrogen-bond donors (Lipinski definition) is 1. The molecule has 0 unspecified atom stereocenters. The largest absolute Gasteiger partial charge is 0.320 e. The number of aryl methyl sites for hydroxylation is 2. The van der Waals surface area contributed by atoms with E-state index >= 15 is 0 Å². The van der Waals surface area contributed by atoms with Crippen LogP contribution in [-0.2, 0) is 13.5 Å². The lowest BCUT2D eigenvalue weighted by Gasteiger charge is -2.01. The topological polar surface area (TPSA) is 42.7 Å². The standard InChI is InChI=1S/C11H16N4/c1-12-7-4-6-10-14-9-5-3-8-13-11(9)15(10)2/h3,5,8,12H,4,6-7H2,1-2H3. The van der Waals surface area contributed by atoms with Crippen LogP contribution in [0.3, 0.4) is 0 Å². The van der Waals surface area contributed by atoms with Crippen LogP contribution < -0.4 is 5.32 Å². The van der Waals surface area contributed by atoms with E-state index in [0.29, 0.717) is 0 Å². The van der Waals surface area contributed by atoms with Crippen molar-refractivity contribution in [1.29, 1.82) is 0 Å². The molecule has 4 heteroatoms. The fraction of sp³-hybridized carbons (Fsp3) is 0.455. The molecule has 4 nitrogen and oxygen atoms in total. The second kappa shape index (κ2) is 4.40. The van der Waals surface area contributed by atoms with Crippen LogP contribution in [0.4, 0.5) is 0 Å². The zero-order chi connectivity index (χ0) is 10.7. The molecule has 15 heavy (non-hydrogen) atoms. The summed E-state index contributed by atoms with van der Waals surface area (Å²) in [7, 11) is 3.99. The monoisotopic (exact) mass is 204 g/mol. The van der Waals surface area contributed by atoms with Crippen molar-refractivity contribution >= 4 is 11.2 Å². The van der Waals surface area contributed by atoms with Gasteiger partial charge >= 0.3 is 0 Å². The van der Waals surface area contributed by atoms with Crippen molar-refractivity contribution < 1.29 is 0 Å². The van der Waals surface area contributed by atoms with Gasteiger partial charge in [-0.15, -0.1) is 0 Å². The Bertz CT molecular complexity index is 447. The number of hydrogen-bond acceptors (Lipinski definition) is 3. The van der Waals surface area contributed by atoms with Crippen LogP contribution in [-0.4, -0.2) is 28.1 Å². The molecule has 0 aliphatic rings. The maximum atomic E-state index is 4.56. The van der Waals surface area contributed by atoms with Crippen LogP contribution in [0.15, 0.2) is 18.3 Å². The number of aromatic nitrogens is 3. The van der Waals surface area contributed by atoms with E-state index in [4.69, 9.17) is 0 Å². The highest BCUT2D eigenvalue weighted by Crippen LogP contribution is 2.12. The summed E-state index contributed by atoms with van der Waals surface area (Å²) < 4.78 is 2.07. The first-order valence-corrected chi connectivity index (χ1v) is 5.24. The first kappa shape index (κ1) is 10.1. The molecule has 0 fully saturated rings. The van der Waals surface area contributed by atoms with Crippen molar-refractivity contribution in [2.45, 2.75) is 12.8 Å². The highest BCUT2D eigenvalue weighted by atomic mass is 15.1. The van der Waals surface area contributed by atoms with Gasteiger partial charge in [-0.25, -0.2) is 9.97 Å². The van der Waals surface area contributed by atoms with Crippen molar-refractivity contribution in [3.8, 4) is 0 Å². The fourth-order valence-corrected chi connectivity index (χ4v) is 1.72. The van der Waals surface area contributed by atoms with E-state index in [1.807, 2.05) is 26.2 Å². The molecule has 0 amide bonds. The lowest BCUT2D eigenvalue weighted by molar-refractivity contribution is 0.683. The predicted octanol–water partition coefficient (Wildman–Crippen LogP) is 1.12. The molecule has 2 rings (SSSR count). The highest BCUT2D eigenvalue weighted by Gasteiger charge is 2.06. The molecule has 2 aromatic heterocycles. The molecule has 0 atom stereocenters. The minimum absolute atomic E-state index is 0.969. The summed E-state index contributed by atoms with van der Waals surface area (Å²) >= 11 is 0. The van der Waals surface area contributed by atoms with Gasteiger partial charge in [-0.05, 0) is 32.1 Å². The van der Waals surface area contributed by atoms with Crippen LogP contribution in [0.2, 0.25) is 0 Å². The van der Waals surface area contributed by atoms with Gasteiger partial charge in [0, 0.05) is 19.7 Å². The van der Waals surface area contributed by atoms with Crippen molar-refractivity contribution in [2.75, 3.05) is 13.6 Å². The molecular weight excluding hydrogens is 188 g/mol. The Balaban J connectivity index is 2.24. The van der Waals surface area contributed by atoms with Gasteiger partial charge in [-0.3, -0.25) is 0 Å². The Morgan fingerprint density at radius 1 is 1.47 bits per heavy atom. The number of fused-ring (bicyclic) bond motifs is 1. The van der Waals surface area contributed by atoms with E-state index in [0.717, 1.165) is 36.4 Å². The smallest absolute Gasteiger partial charge is 0.159 e. The van der Waals surface area contributed by atoms with Crippen LogP contribution in [0.5, 0.6) is 0 Å². The lowest BCUT2D eigenvalue weighted by Crippen LogP contribution is -2.10. The van der Waals surface area contributed by atoms with E-state index in [2.05, 4.69) is 19.9 Å². The minimum Gasteiger partial charge on any atom is -0.320 e. The quantitative estimate of drug-likeness (QED) is 0.759. The second-order valence-corrected chi connectivity index (χ2v) is 3.64. The third-order valence-electron chi connectivity index (χ3n) is 2.55. The van der Waals surface area contributed by atoms with Crippen LogP contribution in [0.1, 0.15) is 12.2 Å². The van der Waals surface area contributed by atoms with Gasteiger partial charge in [-0.1, -0.05) is 0 Å². The number of imidazole rings is 1. The third-order valence-corrected chi connectivity index (χ3v) is 2.55. The summed E-state index contributed by atoms with van der Waals surface area (Å²) in [6, 6.07) is 3.93. The zero-order valence-electron chi connectivity index (χ0n) is 9.20. The van der Waals surface area contributed by atoms with E-state index in [1.165, 1.54) is 0 Å². The Labute approximate surface area is 89.3 Å². The highest BCUT2D eigenvalue weighted by molar-refractivity contribution is 5.70. The molecular formula is C11H16N4. The van der Waals surface area contributed by atoms with E-state index in [9.17, 15) is 0 Å². The van der Waals surface area contributed by atoms with Gasteiger partial charge in [0.25, 0.3) is 0 Å². The summed E-state index contributed by atoms with van der Waals surface area (Å²) in [4.78, 5) is 8.87. The van der Waals surface area contributed by atoms with Gasteiger partial charge in [-0.2, -0.15) is 0 Å². The molecule has 2 heterocycles. The van der Waals surface area contributed by atoms with Crippen molar-refractivity contribution in [3.05, 3.63) is 24.2 Å². The molecule has 0 aliphatic carbocycles. The van der Waals surface area contributed by atoms with Gasteiger partial charge in [0.2, 0.25) is 0 Å². The lowest BCUT2D eigenvalue weighted by atomic mass is 10.3. The van der Waals surface area contributed by atoms with Crippen molar-refractivity contribution in [3.63, 3.8) is 0 Å². The molecule has 0 bridgehead atoms. The molecule has 0 aliphatic heterocycles. The molecule has 80 valence electrons. The summed E-state index contributed by atoms with van der Waals surface area (Å²) in [6.07, 6.45) is 3.91. The second-order valence-electron chi connectivity index (χ2n) is 3.64. The van der Waals surface area contributed by atoms with Gasteiger partial charge in [0.15, 0.2) is 5.65 Å². The Kier molecular flexibility index (Phi) is 2.97.